The second-order valence-corrected chi connectivity index (χ2v) is 6.29. The van der Waals surface area contributed by atoms with Crippen molar-refractivity contribution in [3.8, 4) is 0 Å². The molecule has 3 heteroatoms. The molecule has 2 rings (SSSR count). The zero-order valence-electron chi connectivity index (χ0n) is 12.3. The molecule has 0 bridgehead atoms. The fourth-order valence-corrected chi connectivity index (χ4v) is 3.51. The number of nitrogens with one attached hydrogen (secondary N) is 1. The SMILES string of the molecule is CCNC(CCC1CCCC1)Cc1c(F)cccc1Cl. The minimum Gasteiger partial charge on any atom is -0.314 e. The summed E-state index contributed by atoms with van der Waals surface area (Å²) < 4.78 is 13.9. The zero-order valence-corrected chi connectivity index (χ0v) is 13.1. The summed E-state index contributed by atoms with van der Waals surface area (Å²) in [6.07, 6.45) is 8.57. The fourth-order valence-electron chi connectivity index (χ4n) is 3.27. The van der Waals surface area contributed by atoms with Crippen LogP contribution in [0.1, 0.15) is 51.0 Å². The van der Waals surface area contributed by atoms with Crippen LogP contribution in [0.25, 0.3) is 0 Å². The lowest BCUT2D eigenvalue weighted by atomic mass is 9.95. The molecule has 1 atom stereocenters. The topological polar surface area (TPSA) is 12.0 Å². The molecule has 1 aromatic rings. The van der Waals surface area contributed by atoms with Crippen molar-refractivity contribution in [3.63, 3.8) is 0 Å². The highest BCUT2D eigenvalue weighted by atomic mass is 35.5. The molecule has 1 aliphatic rings. The maximum atomic E-state index is 13.9. The Morgan fingerprint density at radius 2 is 2.10 bits per heavy atom. The molecule has 112 valence electrons. The normalized spacial score (nSPS) is 17.6. The summed E-state index contributed by atoms with van der Waals surface area (Å²) in [6, 6.07) is 5.28. The average Bonchev–Trinajstić information content (AvgIpc) is 2.93. The molecule has 1 unspecified atom stereocenters. The maximum absolute atomic E-state index is 13.9. The Morgan fingerprint density at radius 3 is 2.75 bits per heavy atom. The number of benzene rings is 1. The van der Waals surface area contributed by atoms with Crippen molar-refractivity contribution in [1.82, 2.24) is 5.32 Å². The van der Waals surface area contributed by atoms with Gasteiger partial charge in [-0.3, -0.25) is 0 Å². The molecule has 0 saturated heterocycles. The van der Waals surface area contributed by atoms with Crippen LogP contribution in [0.15, 0.2) is 18.2 Å². The van der Waals surface area contributed by atoms with Crippen LogP contribution in [0, 0.1) is 11.7 Å². The maximum Gasteiger partial charge on any atom is 0.127 e. The Balaban J connectivity index is 1.93. The van der Waals surface area contributed by atoms with E-state index in [-0.39, 0.29) is 5.82 Å². The summed E-state index contributed by atoms with van der Waals surface area (Å²) in [5.41, 5.74) is 0.659. The number of halogens is 2. The first kappa shape index (κ1) is 15.8. The van der Waals surface area contributed by atoms with Gasteiger partial charge in [-0.05, 0) is 43.9 Å². The van der Waals surface area contributed by atoms with Crippen LogP contribution >= 0.6 is 11.6 Å². The zero-order chi connectivity index (χ0) is 14.4. The molecule has 1 nitrogen and oxygen atoms in total. The standard InChI is InChI=1S/C17H25ClFN/c1-2-20-14(11-10-13-6-3-4-7-13)12-15-16(18)8-5-9-17(15)19/h5,8-9,13-14,20H,2-4,6-7,10-12H2,1H3. The van der Waals surface area contributed by atoms with E-state index in [1.165, 1.54) is 38.2 Å². The first-order valence-electron chi connectivity index (χ1n) is 7.87. The number of hydrogen-bond donors (Lipinski definition) is 1. The summed E-state index contributed by atoms with van der Waals surface area (Å²) >= 11 is 6.13. The van der Waals surface area contributed by atoms with Crippen LogP contribution in [0.4, 0.5) is 4.39 Å². The van der Waals surface area contributed by atoms with Gasteiger partial charge in [-0.25, -0.2) is 4.39 Å². The summed E-state index contributed by atoms with van der Waals surface area (Å²) in [7, 11) is 0. The molecule has 0 spiro atoms. The van der Waals surface area contributed by atoms with Gasteiger partial charge >= 0.3 is 0 Å². The second-order valence-electron chi connectivity index (χ2n) is 5.89. The van der Waals surface area contributed by atoms with E-state index in [4.69, 9.17) is 11.6 Å². The number of rotatable bonds is 7. The van der Waals surface area contributed by atoms with Crippen molar-refractivity contribution < 1.29 is 4.39 Å². The Labute approximate surface area is 126 Å². The monoisotopic (exact) mass is 297 g/mol. The van der Waals surface area contributed by atoms with E-state index in [1.807, 2.05) is 0 Å². The summed E-state index contributed by atoms with van der Waals surface area (Å²) in [5.74, 6) is 0.702. The van der Waals surface area contributed by atoms with Crippen LogP contribution in [0.2, 0.25) is 5.02 Å². The van der Waals surface area contributed by atoms with Crippen LogP contribution in [0.3, 0.4) is 0 Å². The summed E-state index contributed by atoms with van der Waals surface area (Å²) in [5, 5.41) is 4.03. The average molecular weight is 298 g/mol. The van der Waals surface area contributed by atoms with E-state index in [0.717, 1.165) is 18.9 Å². The Bertz CT molecular complexity index is 395. The van der Waals surface area contributed by atoms with Crippen LogP contribution in [0.5, 0.6) is 0 Å². The van der Waals surface area contributed by atoms with Gasteiger partial charge in [0.2, 0.25) is 0 Å². The van der Waals surface area contributed by atoms with E-state index in [2.05, 4.69) is 12.2 Å². The summed E-state index contributed by atoms with van der Waals surface area (Å²) in [4.78, 5) is 0. The lowest BCUT2D eigenvalue weighted by Crippen LogP contribution is -2.31. The number of likely N-dealkylation sites (N-methyl/N-ethyl adjacent to an activating group) is 1. The summed E-state index contributed by atoms with van der Waals surface area (Å²) in [6.45, 7) is 3.02. The molecule has 0 aromatic heterocycles. The molecular weight excluding hydrogens is 273 g/mol. The van der Waals surface area contributed by atoms with Crippen molar-refractivity contribution in [3.05, 3.63) is 34.6 Å². The molecule has 1 aliphatic carbocycles. The first-order chi connectivity index (χ1) is 9.70. The molecule has 20 heavy (non-hydrogen) atoms. The predicted molar refractivity (Wildman–Crippen MR) is 83.8 cm³/mol. The van der Waals surface area contributed by atoms with Gasteiger partial charge in [-0.15, -0.1) is 0 Å². The van der Waals surface area contributed by atoms with E-state index in [1.54, 1.807) is 12.1 Å². The third kappa shape index (κ3) is 4.46. The molecule has 0 heterocycles. The lowest BCUT2D eigenvalue weighted by molar-refractivity contribution is 0.404. The van der Waals surface area contributed by atoms with Crippen LogP contribution < -0.4 is 5.32 Å². The molecule has 1 fully saturated rings. The van der Waals surface area contributed by atoms with E-state index < -0.39 is 0 Å². The second kappa shape index (κ2) is 7.99. The van der Waals surface area contributed by atoms with Crippen molar-refractivity contribution >= 4 is 11.6 Å². The Morgan fingerprint density at radius 1 is 1.35 bits per heavy atom. The molecule has 0 amide bonds. The highest BCUT2D eigenvalue weighted by molar-refractivity contribution is 6.31. The highest BCUT2D eigenvalue weighted by Gasteiger charge is 2.19. The van der Waals surface area contributed by atoms with Crippen LogP contribution in [-0.4, -0.2) is 12.6 Å². The minimum absolute atomic E-state index is 0.179. The van der Waals surface area contributed by atoms with Gasteiger partial charge in [-0.1, -0.05) is 50.3 Å². The molecule has 1 aromatic carbocycles. The van der Waals surface area contributed by atoms with Gasteiger partial charge in [0, 0.05) is 16.6 Å². The van der Waals surface area contributed by atoms with Gasteiger partial charge in [0.15, 0.2) is 0 Å². The van der Waals surface area contributed by atoms with Gasteiger partial charge < -0.3 is 5.32 Å². The van der Waals surface area contributed by atoms with Crippen molar-refractivity contribution in [2.45, 2.75) is 57.9 Å². The molecular formula is C17H25ClFN. The molecule has 0 aliphatic heterocycles. The predicted octanol–water partition coefficient (Wildman–Crippen LogP) is 4.97. The third-order valence-corrected chi connectivity index (χ3v) is 4.76. The smallest absolute Gasteiger partial charge is 0.127 e. The Kier molecular flexibility index (Phi) is 6.31. The fraction of sp³-hybridized carbons (Fsp3) is 0.647. The number of hydrogen-bond acceptors (Lipinski definition) is 1. The van der Waals surface area contributed by atoms with E-state index in [0.29, 0.717) is 23.0 Å². The quantitative estimate of drug-likeness (QED) is 0.749. The van der Waals surface area contributed by atoms with E-state index in [9.17, 15) is 4.39 Å². The lowest BCUT2D eigenvalue weighted by Gasteiger charge is -2.20. The minimum atomic E-state index is -0.179. The van der Waals surface area contributed by atoms with Gasteiger partial charge in [0.05, 0.1) is 0 Å². The molecule has 1 N–H and O–H groups in total. The highest BCUT2D eigenvalue weighted by Crippen LogP contribution is 2.30. The Hall–Kier alpha value is -0.600. The van der Waals surface area contributed by atoms with Gasteiger partial charge in [0.1, 0.15) is 5.82 Å². The van der Waals surface area contributed by atoms with Crippen molar-refractivity contribution in [2.24, 2.45) is 5.92 Å². The van der Waals surface area contributed by atoms with Crippen molar-refractivity contribution in [1.29, 1.82) is 0 Å². The first-order valence-corrected chi connectivity index (χ1v) is 8.24. The van der Waals surface area contributed by atoms with Gasteiger partial charge in [-0.2, -0.15) is 0 Å². The molecule has 0 radical (unpaired) electrons. The van der Waals surface area contributed by atoms with E-state index >= 15 is 0 Å². The van der Waals surface area contributed by atoms with Crippen molar-refractivity contribution in [2.75, 3.05) is 6.54 Å². The third-order valence-electron chi connectivity index (χ3n) is 4.40. The van der Waals surface area contributed by atoms with Gasteiger partial charge in [0.25, 0.3) is 0 Å². The van der Waals surface area contributed by atoms with Crippen LogP contribution in [-0.2, 0) is 6.42 Å². The largest absolute Gasteiger partial charge is 0.314 e. The molecule has 1 saturated carbocycles.